The van der Waals surface area contributed by atoms with E-state index >= 15 is 0 Å². The lowest BCUT2D eigenvalue weighted by Gasteiger charge is -2.48. The zero-order valence-corrected chi connectivity index (χ0v) is 18.5. The SMILES string of the molecule is Cc1nnc(SCc2nnc(SCC3=C(C(=O)O)N4C(=O)[C@@H](N)[C@H]4SC3)s2)s1. The Morgan fingerprint density at radius 1 is 1.21 bits per heavy atom. The van der Waals surface area contributed by atoms with E-state index in [1.165, 1.54) is 51.1 Å². The van der Waals surface area contributed by atoms with Gasteiger partial charge in [-0.25, -0.2) is 4.79 Å². The fourth-order valence-corrected chi connectivity index (χ4v) is 7.78. The van der Waals surface area contributed by atoms with Crippen LogP contribution in [0.2, 0.25) is 0 Å². The van der Waals surface area contributed by atoms with Crippen molar-refractivity contribution in [3.05, 3.63) is 21.3 Å². The van der Waals surface area contributed by atoms with E-state index in [2.05, 4.69) is 20.4 Å². The van der Waals surface area contributed by atoms with E-state index in [0.29, 0.717) is 22.8 Å². The van der Waals surface area contributed by atoms with Gasteiger partial charge in [-0.1, -0.05) is 46.2 Å². The number of carboxylic acid groups (broad SMARTS) is 1. The Labute approximate surface area is 180 Å². The van der Waals surface area contributed by atoms with Crippen LogP contribution >= 0.6 is 58.0 Å². The first-order chi connectivity index (χ1) is 13.4. The van der Waals surface area contributed by atoms with Crippen molar-refractivity contribution in [3.8, 4) is 0 Å². The monoisotopic (exact) mass is 474 g/mol. The Morgan fingerprint density at radius 3 is 2.64 bits per heavy atom. The van der Waals surface area contributed by atoms with Crippen LogP contribution in [0, 0.1) is 6.92 Å². The van der Waals surface area contributed by atoms with E-state index in [0.717, 1.165) is 18.7 Å². The fraction of sp³-hybridized carbons (Fsp3) is 0.429. The molecular weight excluding hydrogens is 461 g/mol. The summed E-state index contributed by atoms with van der Waals surface area (Å²) in [6, 6.07) is -0.617. The number of thioether (sulfide) groups is 3. The van der Waals surface area contributed by atoms with Gasteiger partial charge >= 0.3 is 5.97 Å². The van der Waals surface area contributed by atoms with Gasteiger partial charge < -0.3 is 10.8 Å². The first kappa shape index (κ1) is 20.1. The number of β-lactam (4-membered cyclic amide) rings is 1. The molecule has 0 aliphatic carbocycles. The summed E-state index contributed by atoms with van der Waals surface area (Å²) in [5.41, 5.74) is 6.53. The van der Waals surface area contributed by atoms with E-state index in [1.54, 1.807) is 11.8 Å². The predicted octanol–water partition coefficient (Wildman–Crippen LogP) is 1.66. The van der Waals surface area contributed by atoms with Gasteiger partial charge in [-0.2, -0.15) is 0 Å². The number of nitrogens with zero attached hydrogens (tertiary/aromatic N) is 5. The Bertz CT molecular complexity index is 959. The minimum absolute atomic E-state index is 0.0647. The third kappa shape index (κ3) is 3.93. The summed E-state index contributed by atoms with van der Waals surface area (Å²) in [5, 5.41) is 27.5. The summed E-state index contributed by atoms with van der Waals surface area (Å²) in [6.07, 6.45) is 0. The lowest BCUT2D eigenvalue weighted by molar-refractivity contribution is -0.147. The van der Waals surface area contributed by atoms with Gasteiger partial charge in [0.15, 0.2) is 8.68 Å². The van der Waals surface area contributed by atoms with E-state index in [1.807, 2.05) is 6.92 Å². The highest BCUT2D eigenvalue weighted by Crippen LogP contribution is 2.41. The largest absolute Gasteiger partial charge is 0.477 e. The highest BCUT2D eigenvalue weighted by Gasteiger charge is 2.51. The van der Waals surface area contributed by atoms with Crippen LogP contribution in [0.5, 0.6) is 0 Å². The zero-order valence-electron chi connectivity index (χ0n) is 14.4. The number of carbonyl (C=O) groups is 2. The molecule has 9 nitrogen and oxygen atoms in total. The molecule has 2 aliphatic rings. The van der Waals surface area contributed by atoms with Gasteiger partial charge in [0.2, 0.25) is 5.91 Å². The van der Waals surface area contributed by atoms with Crippen LogP contribution in [0.3, 0.4) is 0 Å². The lowest BCUT2D eigenvalue weighted by Crippen LogP contribution is -2.68. The first-order valence-corrected chi connectivity index (χ1v) is 12.6. The molecule has 0 aromatic carbocycles. The number of aromatic nitrogens is 4. The molecule has 1 saturated heterocycles. The summed E-state index contributed by atoms with van der Waals surface area (Å²) >= 11 is 7.51. The molecule has 2 aromatic rings. The second kappa shape index (κ2) is 8.28. The van der Waals surface area contributed by atoms with Gasteiger partial charge in [0, 0.05) is 11.5 Å². The number of carbonyl (C=O) groups excluding carboxylic acids is 1. The van der Waals surface area contributed by atoms with Crippen LogP contribution in [-0.2, 0) is 15.3 Å². The molecule has 0 bridgehead atoms. The third-order valence-corrected chi connectivity index (χ3v) is 9.61. The average Bonchev–Trinajstić information content (AvgIpc) is 3.31. The number of carboxylic acids is 1. The standard InChI is InChI=1S/C14H14N6O3S5/c1-5-16-18-13(27-5)26-4-7-17-19-14(28-7)25-3-6-2-24-11-8(15)10(21)20(11)9(6)12(22)23/h8,11H,2-4,15H2,1H3,(H,22,23)/t8-,11-/m1/s1. The molecule has 2 aromatic heterocycles. The molecule has 1 fully saturated rings. The zero-order chi connectivity index (χ0) is 19.8. The van der Waals surface area contributed by atoms with Gasteiger partial charge in [0.25, 0.3) is 0 Å². The Balaban J connectivity index is 1.39. The van der Waals surface area contributed by atoms with Crippen molar-refractivity contribution < 1.29 is 14.7 Å². The number of hydrogen-bond donors (Lipinski definition) is 2. The van der Waals surface area contributed by atoms with Crippen molar-refractivity contribution in [3.63, 3.8) is 0 Å². The second-order valence-electron chi connectivity index (χ2n) is 5.82. The molecule has 4 rings (SSSR count). The maximum Gasteiger partial charge on any atom is 0.352 e. The van der Waals surface area contributed by atoms with E-state index in [9.17, 15) is 14.7 Å². The van der Waals surface area contributed by atoms with Crippen molar-refractivity contribution in [2.24, 2.45) is 5.73 Å². The van der Waals surface area contributed by atoms with Gasteiger partial charge in [-0.05, 0) is 12.5 Å². The summed E-state index contributed by atoms with van der Waals surface area (Å²) < 4.78 is 1.66. The molecule has 28 heavy (non-hydrogen) atoms. The Morgan fingerprint density at radius 2 is 1.93 bits per heavy atom. The number of aryl methyl sites for hydroxylation is 1. The second-order valence-corrected chi connectivity index (χ2v) is 11.6. The maximum absolute atomic E-state index is 12.0. The highest BCUT2D eigenvalue weighted by molar-refractivity contribution is 8.02. The molecule has 14 heteroatoms. The smallest absolute Gasteiger partial charge is 0.352 e. The van der Waals surface area contributed by atoms with Gasteiger partial charge in [-0.15, -0.1) is 32.2 Å². The van der Waals surface area contributed by atoms with E-state index in [4.69, 9.17) is 5.73 Å². The predicted molar refractivity (Wildman–Crippen MR) is 111 cm³/mol. The number of amides is 1. The summed E-state index contributed by atoms with van der Waals surface area (Å²) in [4.78, 5) is 25.0. The molecule has 0 unspecified atom stereocenters. The van der Waals surface area contributed by atoms with Gasteiger partial charge in [0.1, 0.15) is 27.1 Å². The molecule has 0 radical (unpaired) electrons. The summed E-state index contributed by atoms with van der Waals surface area (Å²) in [6.45, 7) is 1.91. The molecule has 4 heterocycles. The fourth-order valence-electron chi connectivity index (χ4n) is 2.65. The molecule has 3 N–H and O–H groups in total. The number of hydrogen-bond acceptors (Lipinski definition) is 12. The highest BCUT2D eigenvalue weighted by atomic mass is 32.2. The van der Waals surface area contributed by atoms with Crippen LogP contribution in [0.25, 0.3) is 0 Å². The average molecular weight is 475 g/mol. The van der Waals surface area contributed by atoms with Crippen molar-refractivity contribution >= 4 is 69.8 Å². The Kier molecular flexibility index (Phi) is 5.94. The van der Waals surface area contributed by atoms with Crippen molar-refractivity contribution in [2.75, 3.05) is 11.5 Å². The van der Waals surface area contributed by atoms with Crippen molar-refractivity contribution in [1.29, 1.82) is 0 Å². The van der Waals surface area contributed by atoms with Crippen LogP contribution < -0.4 is 5.73 Å². The minimum atomic E-state index is -1.09. The number of nitrogens with two attached hydrogens (primary N) is 1. The van der Waals surface area contributed by atoms with E-state index < -0.39 is 12.0 Å². The quantitative estimate of drug-likeness (QED) is 0.448. The summed E-state index contributed by atoms with van der Waals surface area (Å²) in [5.74, 6) is 0.210. The van der Waals surface area contributed by atoms with Crippen LogP contribution in [0.4, 0.5) is 0 Å². The molecular formula is C14H14N6O3S5. The van der Waals surface area contributed by atoms with Gasteiger partial charge in [0.05, 0.1) is 5.75 Å². The molecule has 0 spiro atoms. The van der Waals surface area contributed by atoms with Crippen LogP contribution in [-0.4, -0.2) is 65.2 Å². The van der Waals surface area contributed by atoms with Crippen LogP contribution in [0.1, 0.15) is 10.0 Å². The van der Waals surface area contributed by atoms with E-state index in [-0.39, 0.29) is 17.0 Å². The number of rotatable bonds is 7. The third-order valence-electron chi connectivity index (χ3n) is 3.94. The number of aliphatic carboxylic acids is 1. The lowest BCUT2D eigenvalue weighted by atomic mass is 10.0. The maximum atomic E-state index is 12.0. The first-order valence-electron chi connectivity index (χ1n) is 7.97. The van der Waals surface area contributed by atoms with Crippen LogP contribution in [0.15, 0.2) is 19.9 Å². The molecule has 1 amide bonds. The van der Waals surface area contributed by atoms with Crippen molar-refractivity contribution in [1.82, 2.24) is 25.3 Å². The summed E-state index contributed by atoms with van der Waals surface area (Å²) in [7, 11) is 0. The Hall–Kier alpha value is -1.19. The minimum Gasteiger partial charge on any atom is -0.477 e. The van der Waals surface area contributed by atoms with Gasteiger partial charge in [-0.3, -0.25) is 9.69 Å². The molecule has 148 valence electrons. The number of fused-ring (bicyclic) bond motifs is 1. The molecule has 2 aliphatic heterocycles. The van der Waals surface area contributed by atoms with Crippen molar-refractivity contribution in [2.45, 2.75) is 32.8 Å². The normalized spacial score (nSPS) is 21.6. The molecule has 2 atom stereocenters. The topological polar surface area (TPSA) is 135 Å². The molecule has 0 saturated carbocycles.